The van der Waals surface area contributed by atoms with E-state index in [1.165, 1.54) is 12.1 Å². The first kappa shape index (κ1) is 13.4. The fourth-order valence-corrected chi connectivity index (χ4v) is 2.39. The number of alkyl carbamates (subject to hydrolysis) is 1. The second kappa shape index (κ2) is 4.59. The lowest BCUT2D eigenvalue weighted by atomic mass is 9.80. The van der Waals surface area contributed by atoms with E-state index in [0.717, 1.165) is 0 Å². The van der Waals surface area contributed by atoms with Gasteiger partial charge in [0.2, 0.25) is 0 Å². The smallest absolute Gasteiger partial charge is 0.407 e. The average molecular weight is 292 g/mol. The largest absolute Gasteiger partial charge is 0.449 e. The molecular weight excluding hydrogens is 280 g/mol. The van der Waals surface area contributed by atoms with E-state index < -0.39 is 23.4 Å². The van der Waals surface area contributed by atoms with Crippen LogP contribution in [0.25, 0.3) is 0 Å². The van der Waals surface area contributed by atoms with Crippen LogP contribution in [0.15, 0.2) is 12.1 Å². The van der Waals surface area contributed by atoms with Crippen molar-refractivity contribution in [2.45, 2.75) is 19.9 Å². The second-order valence-corrected chi connectivity index (χ2v) is 5.68. The summed E-state index contributed by atoms with van der Waals surface area (Å²) in [5.74, 6) is -0.496. The minimum Gasteiger partial charge on any atom is -0.449 e. The first-order chi connectivity index (χ1) is 8.33. The van der Waals surface area contributed by atoms with Gasteiger partial charge in [-0.05, 0) is 12.1 Å². The zero-order valence-electron chi connectivity index (χ0n) is 9.89. The Morgan fingerprint density at radius 3 is 2.78 bits per heavy atom. The van der Waals surface area contributed by atoms with E-state index >= 15 is 0 Å². The number of benzene rings is 1. The number of halogens is 3. The van der Waals surface area contributed by atoms with Crippen molar-refractivity contribution >= 4 is 29.3 Å². The third kappa shape index (κ3) is 2.27. The van der Waals surface area contributed by atoms with Gasteiger partial charge in [-0.15, -0.1) is 0 Å². The predicted octanol–water partition coefficient (Wildman–Crippen LogP) is 3.94. The van der Waals surface area contributed by atoms with Crippen LogP contribution in [-0.4, -0.2) is 12.7 Å². The molecule has 18 heavy (non-hydrogen) atoms. The Labute approximate surface area is 114 Å². The van der Waals surface area contributed by atoms with E-state index in [9.17, 15) is 9.18 Å². The molecule has 0 aromatic heterocycles. The van der Waals surface area contributed by atoms with Crippen LogP contribution in [0.3, 0.4) is 0 Å². The van der Waals surface area contributed by atoms with Gasteiger partial charge in [0.25, 0.3) is 0 Å². The van der Waals surface area contributed by atoms with Crippen LogP contribution in [0.5, 0.6) is 0 Å². The average Bonchev–Trinajstić information content (AvgIpc) is 2.29. The van der Waals surface area contributed by atoms with E-state index in [1.807, 2.05) is 13.8 Å². The van der Waals surface area contributed by atoms with Crippen LogP contribution in [0, 0.1) is 11.2 Å². The van der Waals surface area contributed by atoms with Crippen LogP contribution < -0.4 is 5.32 Å². The van der Waals surface area contributed by atoms with Crippen molar-refractivity contribution < 1.29 is 13.9 Å². The number of hydrogen-bond donors (Lipinski definition) is 1. The summed E-state index contributed by atoms with van der Waals surface area (Å²) in [5.41, 5.74) is -0.283. The fraction of sp³-hybridized carbons (Fsp3) is 0.417. The zero-order valence-corrected chi connectivity index (χ0v) is 11.4. The Morgan fingerprint density at radius 1 is 1.44 bits per heavy atom. The molecule has 1 aromatic rings. The molecule has 1 aliphatic rings. The molecule has 98 valence electrons. The van der Waals surface area contributed by atoms with Crippen LogP contribution >= 0.6 is 23.2 Å². The molecule has 1 fully saturated rings. The minimum atomic E-state index is -0.588. The molecule has 0 bridgehead atoms. The van der Waals surface area contributed by atoms with Crippen LogP contribution in [0.1, 0.15) is 25.5 Å². The molecule has 1 amide bonds. The maximum absolute atomic E-state index is 14.0. The number of amides is 1. The van der Waals surface area contributed by atoms with Crippen LogP contribution in [0.2, 0.25) is 10.0 Å². The quantitative estimate of drug-likeness (QED) is 0.796. The lowest BCUT2D eigenvalue weighted by molar-refractivity contribution is 0.0378. The summed E-state index contributed by atoms with van der Waals surface area (Å²) in [6, 6.07) is 2.04. The van der Waals surface area contributed by atoms with E-state index in [4.69, 9.17) is 27.9 Å². The van der Waals surface area contributed by atoms with Crippen molar-refractivity contribution in [3.05, 3.63) is 33.6 Å². The summed E-state index contributed by atoms with van der Waals surface area (Å²) < 4.78 is 18.9. The van der Waals surface area contributed by atoms with Crippen LogP contribution in [-0.2, 0) is 4.74 Å². The van der Waals surface area contributed by atoms with Gasteiger partial charge in [0.1, 0.15) is 12.4 Å². The van der Waals surface area contributed by atoms with Gasteiger partial charge in [-0.1, -0.05) is 37.0 Å². The van der Waals surface area contributed by atoms with Gasteiger partial charge in [0.15, 0.2) is 0 Å². The van der Waals surface area contributed by atoms with Crippen molar-refractivity contribution in [1.82, 2.24) is 5.32 Å². The van der Waals surface area contributed by atoms with Crippen LogP contribution in [0.4, 0.5) is 9.18 Å². The number of ether oxygens (including phenoxy) is 1. The van der Waals surface area contributed by atoms with Gasteiger partial charge in [-0.3, -0.25) is 0 Å². The van der Waals surface area contributed by atoms with Crippen molar-refractivity contribution in [2.24, 2.45) is 5.41 Å². The molecule has 2 rings (SSSR count). The number of rotatable bonds is 1. The third-order valence-corrected chi connectivity index (χ3v) is 3.81. The summed E-state index contributed by atoms with van der Waals surface area (Å²) in [5, 5.41) is 2.96. The molecule has 6 heteroatoms. The molecule has 0 aliphatic carbocycles. The molecule has 0 saturated carbocycles. The van der Waals surface area contributed by atoms with Crippen molar-refractivity contribution in [3.8, 4) is 0 Å². The van der Waals surface area contributed by atoms with Gasteiger partial charge in [-0.2, -0.15) is 0 Å². The van der Waals surface area contributed by atoms with Gasteiger partial charge in [0, 0.05) is 11.0 Å². The summed E-state index contributed by atoms with van der Waals surface area (Å²) in [6.07, 6.45) is -0.588. The number of carbonyl (C=O) groups excluding carboxylic acids is 1. The number of hydrogen-bond acceptors (Lipinski definition) is 2. The first-order valence-corrected chi connectivity index (χ1v) is 6.15. The maximum Gasteiger partial charge on any atom is 0.407 e. The van der Waals surface area contributed by atoms with Gasteiger partial charge in [0.05, 0.1) is 16.1 Å². The molecule has 1 saturated heterocycles. The van der Waals surface area contributed by atoms with Gasteiger partial charge in [-0.25, -0.2) is 9.18 Å². The topological polar surface area (TPSA) is 38.3 Å². The lowest BCUT2D eigenvalue weighted by Crippen LogP contribution is -2.47. The van der Waals surface area contributed by atoms with E-state index in [-0.39, 0.29) is 22.2 Å². The second-order valence-electron chi connectivity index (χ2n) is 4.90. The van der Waals surface area contributed by atoms with Gasteiger partial charge < -0.3 is 10.1 Å². The Kier molecular flexibility index (Phi) is 3.43. The zero-order chi connectivity index (χ0) is 13.5. The van der Waals surface area contributed by atoms with E-state index in [1.54, 1.807) is 0 Å². The summed E-state index contributed by atoms with van der Waals surface area (Å²) in [4.78, 5) is 11.3. The molecule has 3 nitrogen and oxygen atoms in total. The highest BCUT2D eigenvalue weighted by Gasteiger charge is 2.40. The first-order valence-electron chi connectivity index (χ1n) is 5.39. The Bertz CT molecular complexity index is 505. The molecular formula is C12H12Cl2FNO2. The summed E-state index contributed by atoms with van der Waals surface area (Å²) in [7, 11) is 0. The Morgan fingerprint density at radius 2 is 2.11 bits per heavy atom. The van der Waals surface area contributed by atoms with Crippen molar-refractivity contribution in [1.29, 1.82) is 0 Å². The molecule has 0 spiro atoms. The highest BCUT2D eigenvalue weighted by molar-refractivity contribution is 6.42. The van der Waals surface area contributed by atoms with Crippen molar-refractivity contribution in [3.63, 3.8) is 0 Å². The molecule has 0 unspecified atom stereocenters. The summed E-state index contributed by atoms with van der Waals surface area (Å²) in [6.45, 7) is 3.90. The minimum absolute atomic E-state index is 0.122. The standard InChI is InChI=1S/C12H12Cl2FNO2/c1-12(2)5-18-11(17)16-10(12)8-7(15)4-3-6(13)9(8)14/h3-4,10H,5H2,1-2H3,(H,16,17)/t10-/m0/s1. The highest BCUT2D eigenvalue weighted by atomic mass is 35.5. The SMILES string of the molecule is CC1(C)COC(=O)N[C@H]1c1c(F)ccc(Cl)c1Cl. The molecule has 1 aromatic carbocycles. The molecule has 0 radical (unpaired) electrons. The maximum atomic E-state index is 14.0. The Balaban J connectivity index is 2.52. The van der Waals surface area contributed by atoms with Gasteiger partial charge >= 0.3 is 6.09 Å². The number of nitrogens with one attached hydrogen (secondary N) is 1. The normalized spacial score (nSPS) is 22.3. The predicted molar refractivity (Wildman–Crippen MR) is 67.4 cm³/mol. The Hall–Kier alpha value is -1.000. The van der Waals surface area contributed by atoms with Crippen molar-refractivity contribution in [2.75, 3.05) is 6.61 Å². The molecule has 1 heterocycles. The fourth-order valence-electron chi connectivity index (χ4n) is 1.96. The summed E-state index contributed by atoms with van der Waals surface area (Å²) >= 11 is 11.9. The lowest BCUT2D eigenvalue weighted by Gasteiger charge is -2.39. The monoisotopic (exact) mass is 291 g/mol. The molecule has 1 atom stereocenters. The van der Waals surface area contributed by atoms with E-state index in [2.05, 4.69) is 5.32 Å². The number of carbonyl (C=O) groups is 1. The third-order valence-electron chi connectivity index (χ3n) is 2.99. The van der Waals surface area contributed by atoms with E-state index in [0.29, 0.717) is 0 Å². The molecule has 1 N–H and O–H groups in total. The number of cyclic esters (lactones) is 1. The highest BCUT2D eigenvalue weighted by Crippen LogP contribution is 2.42. The molecule has 1 aliphatic heterocycles.